The molecule has 0 aliphatic heterocycles. The van der Waals surface area contributed by atoms with E-state index >= 15 is 0 Å². The number of nitrogens with zero attached hydrogens (tertiary/aromatic N) is 3. The van der Waals surface area contributed by atoms with E-state index in [1.54, 1.807) is 4.68 Å². The van der Waals surface area contributed by atoms with Gasteiger partial charge in [0.25, 0.3) is 0 Å². The van der Waals surface area contributed by atoms with Crippen LogP contribution in [0.3, 0.4) is 0 Å². The molecule has 0 radical (unpaired) electrons. The van der Waals surface area contributed by atoms with Gasteiger partial charge in [-0.1, -0.05) is 11.6 Å². The molecule has 0 fully saturated rings. The molecule has 0 aliphatic carbocycles. The van der Waals surface area contributed by atoms with Crippen molar-refractivity contribution >= 4 is 11.5 Å². The minimum Gasteiger partial charge on any atom is -0.383 e. The number of hydrogen-bond donors (Lipinski definition) is 1. The van der Waals surface area contributed by atoms with Gasteiger partial charge in [-0.2, -0.15) is 5.10 Å². The van der Waals surface area contributed by atoms with Crippen LogP contribution in [0, 0.1) is 6.92 Å². The van der Waals surface area contributed by atoms with Crippen molar-refractivity contribution in [1.82, 2.24) is 9.78 Å². The van der Waals surface area contributed by atoms with Gasteiger partial charge in [-0.15, -0.1) is 0 Å². The van der Waals surface area contributed by atoms with Crippen LogP contribution in [0.1, 0.15) is 5.56 Å². The van der Waals surface area contributed by atoms with Gasteiger partial charge >= 0.3 is 0 Å². The summed E-state index contributed by atoms with van der Waals surface area (Å²) in [5.74, 6) is 0.693. The fourth-order valence-electron chi connectivity index (χ4n) is 1.91. The molecule has 1 aromatic carbocycles. The molecule has 1 heterocycles. The summed E-state index contributed by atoms with van der Waals surface area (Å²) >= 11 is 0. The van der Waals surface area contributed by atoms with Gasteiger partial charge in [-0.05, 0) is 19.1 Å². The Morgan fingerprint density at radius 3 is 2.47 bits per heavy atom. The highest BCUT2D eigenvalue weighted by Gasteiger charge is 2.13. The average Bonchev–Trinajstić information content (AvgIpc) is 2.59. The number of benzene rings is 1. The summed E-state index contributed by atoms with van der Waals surface area (Å²) in [6, 6.07) is 6.35. The Balaban J connectivity index is 2.65. The maximum absolute atomic E-state index is 6.04. The molecule has 0 saturated carbocycles. The van der Waals surface area contributed by atoms with Gasteiger partial charge in [-0.25, -0.2) is 0 Å². The lowest BCUT2D eigenvalue weighted by molar-refractivity contribution is 0.779. The molecule has 2 aromatic rings. The minimum absolute atomic E-state index is 0.693. The Labute approximate surface area is 102 Å². The van der Waals surface area contributed by atoms with Crippen LogP contribution in [-0.4, -0.2) is 23.9 Å². The maximum atomic E-state index is 6.04. The SMILES string of the molecule is Cc1ccc(N(C)C)c(-c2cnn(C)c2N)c1. The highest BCUT2D eigenvalue weighted by atomic mass is 15.3. The second kappa shape index (κ2) is 4.13. The molecule has 0 aliphatic rings. The van der Waals surface area contributed by atoms with Crippen LogP contribution in [0.2, 0.25) is 0 Å². The third kappa shape index (κ3) is 1.98. The average molecular weight is 230 g/mol. The van der Waals surface area contributed by atoms with Crippen molar-refractivity contribution in [1.29, 1.82) is 0 Å². The van der Waals surface area contributed by atoms with E-state index in [1.807, 2.05) is 27.3 Å². The van der Waals surface area contributed by atoms with Crippen molar-refractivity contribution < 1.29 is 0 Å². The van der Waals surface area contributed by atoms with Crippen LogP contribution < -0.4 is 10.6 Å². The van der Waals surface area contributed by atoms with E-state index in [2.05, 4.69) is 35.1 Å². The van der Waals surface area contributed by atoms with Crippen LogP contribution in [0.5, 0.6) is 0 Å². The molecule has 2 rings (SSSR count). The number of nitrogens with two attached hydrogens (primary N) is 1. The zero-order valence-corrected chi connectivity index (χ0v) is 10.7. The molecule has 0 unspecified atom stereocenters. The van der Waals surface area contributed by atoms with Crippen molar-refractivity contribution in [3.8, 4) is 11.1 Å². The largest absolute Gasteiger partial charge is 0.383 e. The van der Waals surface area contributed by atoms with E-state index in [1.165, 1.54) is 5.56 Å². The molecule has 0 amide bonds. The van der Waals surface area contributed by atoms with Crippen LogP contribution in [0.25, 0.3) is 11.1 Å². The second-order valence-corrected chi connectivity index (χ2v) is 4.48. The molecule has 4 heteroatoms. The second-order valence-electron chi connectivity index (χ2n) is 4.48. The zero-order valence-electron chi connectivity index (χ0n) is 10.7. The molecule has 17 heavy (non-hydrogen) atoms. The third-order valence-electron chi connectivity index (χ3n) is 2.91. The normalized spacial score (nSPS) is 10.6. The topological polar surface area (TPSA) is 47.1 Å². The summed E-state index contributed by atoms with van der Waals surface area (Å²) in [4.78, 5) is 2.08. The molecule has 0 bridgehead atoms. The summed E-state index contributed by atoms with van der Waals surface area (Å²) < 4.78 is 1.69. The fraction of sp³-hybridized carbons (Fsp3) is 0.308. The lowest BCUT2D eigenvalue weighted by atomic mass is 10.0. The first-order valence-electron chi connectivity index (χ1n) is 5.56. The molecule has 0 spiro atoms. The van der Waals surface area contributed by atoms with Gasteiger partial charge in [0.1, 0.15) is 5.82 Å². The Bertz CT molecular complexity index is 540. The molecule has 2 N–H and O–H groups in total. The third-order valence-corrected chi connectivity index (χ3v) is 2.91. The zero-order chi connectivity index (χ0) is 12.6. The first-order chi connectivity index (χ1) is 8.00. The first-order valence-corrected chi connectivity index (χ1v) is 5.56. The Morgan fingerprint density at radius 1 is 1.24 bits per heavy atom. The lowest BCUT2D eigenvalue weighted by Gasteiger charge is -2.17. The van der Waals surface area contributed by atoms with Gasteiger partial charge < -0.3 is 10.6 Å². The molecule has 0 saturated heterocycles. The van der Waals surface area contributed by atoms with Crippen LogP contribution in [0.15, 0.2) is 24.4 Å². The summed E-state index contributed by atoms with van der Waals surface area (Å²) in [6.45, 7) is 2.08. The highest BCUT2D eigenvalue weighted by Crippen LogP contribution is 2.33. The van der Waals surface area contributed by atoms with Crippen LogP contribution >= 0.6 is 0 Å². The van der Waals surface area contributed by atoms with E-state index in [0.29, 0.717) is 5.82 Å². The van der Waals surface area contributed by atoms with E-state index in [0.717, 1.165) is 16.8 Å². The molecule has 0 atom stereocenters. The van der Waals surface area contributed by atoms with Crippen molar-refractivity contribution in [2.24, 2.45) is 7.05 Å². The molecular formula is C13H18N4. The summed E-state index contributed by atoms with van der Waals surface area (Å²) in [5.41, 5.74) is 10.5. The predicted octanol–water partition coefficient (Wildman–Crippen LogP) is 2.04. The summed E-state index contributed by atoms with van der Waals surface area (Å²) in [5, 5.41) is 4.20. The standard InChI is InChI=1S/C13H18N4/c1-9-5-6-12(16(2)3)10(7-9)11-8-15-17(4)13(11)14/h5-8H,14H2,1-4H3. The maximum Gasteiger partial charge on any atom is 0.129 e. The predicted molar refractivity (Wildman–Crippen MR) is 72.1 cm³/mol. The van der Waals surface area contributed by atoms with Gasteiger partial charge in [0, 0.05) is 38.0 Å². The Hall–Kier alpha value is -1.97. The highest BCUT2D eigenvalue weighted by molar-refractivity contribution is 5.84. The smallest absolute Gasteiger partial charge is 0.129 e. The lowest BCUT2D eigenvalue weighted by Crippen LogP contribution is -2.10. The van der Waals surface area contributed by atoms with Gasteiger partial charge in [-0.3, -0.25) is 4.68 Å². The molecule has 1 aromatic heterocycles. The molecule has 4 nitrogen and oxygen atoms in total. The molecular weight excluding hydrogens is 212 g/mol. The van der Waals surface area contributed by atoms with E-state index in [4.69, 9.17) is 5.73 Å². The van der Waals surface area contributed by atoms with E-state index < -0.39 is 0 Å². The van der Waals surface area contributed by atoms with Crippen molar-refractivity contribution in [2.75, 3.05) is 24.7 Å². The van der Waals surface area contributed by atoms with Gasteiger partial charge in [0.2, 0.25) is 0 Å². The summed E-state index contributed by atoms with van der Waals surface area (Å²) in [7, 11) is 5.91. The number of anilines is 2. The molecule has 90 valence electrons. The van der Waals surface area contributed by atoms with Gasteiger partial charge in [0.15, 0.2) is 0 Å². The van der Waals surface area contributed by atoms with Crippen LogP contribution in [0.4, 0.5) is 11.5 Å². The Morgan fingerprint density at radius 2 is 1.94 bits per heavy atom. The summed E-state index contributed by atoms with van der Waals surface area (Å²) in [6.07, 6.45) is 1.82. The van der Waals surface area contributed by atoms with Gasteiger partial charge in [0.05, 0.1) is 6.20 Å². The van der Waals surface area contributed by atoms with E-state index in [9.17, 15) is 0 Å². The van der Waals surface area contributed by atoms with Crippen molar-refractivity contribution in [2.45, 2.75) is 6.92 Å². The number of aryl methyl sites for hydroxylation is 2. The number of nitrogen functional groups attached to an aromatic ring is 1. The first kappa shape index (κ1) is 11.5. The quantitative estimate of drug-likeness (QED) is 0.858. The van der Waals surface area contributed by atoms with Crippen LogP contribution in [-0.2, 0) is 7.05 Å². The number of hydrogen-bond acceptors (Lipinski definition) is 3. The Kier molecular flexibility index (Phi) is 2.79. The van der Waals surface area contributed by atoms with E-state index in [-0.39, 0.29) is 0 Å². The van der Waals surface area contributed by atoms with Crippen molar-refractivity contribution in [3.63, 3.8) is 0 Å². The minimum atomic E-state index is 0.693. The fourth-order valence-corrected chi connectivity index (χ4v) is 1.91. The van der Waals surface area contributed by atoms with Crippen molar-refractivity contribution in [3.05, 3.63) is 30.0 Å². The number of rotatable bonds is 2. The number of aromatic nitrogens is 2. The monoisotopic (exact) mass is 230 g/mol.